The lowest BCUT2D eigenvalue weighted by molar-refractivity contribution is -0.146. The first kappa shape index (κ1) is 26.8. The third-order valence-electron chi connectivity index (χ3n) is 7.28. The van der Waals surface area contributed by atoms with Gasteiger partial charge >= 0.3 is 0 Å². The number of carbonyl (C=O) groups excluding carboxylic acids is 2. The van der Waals surface area contributed by atoms with Gasteiger partial charge in [0.25, 0.3) is 11.8 Å². The number of nitrogens with zero attached hydrogens (tertiary/aromatic N) is 1. The number of nitrogens with one attached hydrogen (secondary N) is 1. The molecule has 2 aromatic rings. The van der Waals surface area contributed by atoms with Gasteiger partial charge in [-0.3, -0.25) is 9.59 Å². The first-order valence-electron chi connectivity index (χ1n) is 12.1. The Morgan fingerprint density at radius 3 is 2.53 bits per heavy atom. The van der Waals surface area contributed by atoms with Crippen LogP contribution in [0.1, 0.15) is 31.4 Å². The summed E-state index contributed by atoms with van der Waals surface area (Å²) >= 11 is 6.35. The molecule has 3 N–H and O–H groups in total. The molecule has 1 spiro atoms. The summed E-state index contributed by atoms with van der Waals surface area (Å²) < 4.78 is 22.0. The Balaban J connectivity index is 1.69. The van der Waals surface area contributed by atoms with Crippen LogP contribution >= 0.6 is 11.6 Å². The predicted molar refractivity (Wildman–Crippen MR) is 139 cm³/mol. The van der Waals surface area contributed by atoms with E-state index in [0.717, 1.165) is 5.56 Å². The molecule has 0 saturated carbocycles. The number of ether oxygens (including phenoxy) is 1. The number of hydrogen-bond donors (Lipinski definition) is 3. The highest BCUT2D eigenvalue weighted by atomic mass is 35.5. The molecule has 36 heavy (non-hydrogen) atoms. The predicted octanol–water partition coefficient (Wildman–Crippen LogP) is 4.36. The quantitative estimate of drug-likeness (QED) is 0.362. The van der Waals surface area contributed by atoms with Gasteiger partial charge in [-0.05, 0) is 62.3 Å². The standard InChI is InChI=1S/C26H32ClFN2O5Si/c1-15-23(36(3,4)28)22(11-12-31)35-26(15)20-13-18(27)7-10-21(20)30(25(26)34)14-17-5-8-19(9-6-17)29-24(33)16(2)32/h5-10,13,15-16,22-23,31-32H,11-12,14H2,1-4H3,(H,29,33)/t15-,16-,22+,23-,26+/m0/s1. The number of hydrogen-bond acceptors (Lipinski definition) is 5. The van der Waals surface area contributed by atoms with Crippen molar-refractivity contribution in [1.82, 2.24) is 0 Å². The Kier molecular flexibility index (Phi) is 7.33. The van der Waals surface area contributed by atoms with Crippen LogP contribution in [-0.2, 0) is 26.5 Å². The number of rotatable bonds is 7. The summed E-state index contributed by atoms with van der Waals surface area (Å²) in [5.41, 5.74) is 0.759. The summed E-state index contributed by atoms with van der Waals surface area (Å²) in [6.45, 7) is 6.57. The van der Waals surface area contributed by atoms with Gasteiger partial charge in [-0.15, -0.1) is 0 Å². The third-order valence-corrected chi connectivity index (χ3v) is 9.97. The van der Waals surface area contributed by atoms with Gasteiger partial charge in [0, 0.05) is 34.3 Å². The van der Waals surface area contributed by atoms with Gasteiger partial charge in [0.2, 0.25) is 8.41 Å². The summed E-state index contributed by atoms with van der Waals surface area (Å²) in [5, 5.41) is 22.1. The van der Waals surface area contributed by atoms with E-state index in [4.69, 9.17) is 16.3 Å². The Morgan fingerprint density at radius 1 is 1.28 bits per heavy atom. The Morgan fingerprint density at radius 2 is 1.94 bits per heavy atom. The molecule has 5 atom stereocenters. The average molecular weight is 535 g/mol. The Labute approximate surface area is 216 Å². The normalized spacial score (nSPS) is 26.4. The lowest BCUT2D eigenvalue weighted by atomic mass is 9.82. The molecule has 2 aliphatic heterocycles. The molecular weight excluding hydrogens is 503 g/mol. The van der Waals surface area contributed by atoms with E-state index >= 15 is 4.11 Å². The molecule has 0 aliphatic carbocycles. The van der Waals surface area contributed by atoms with Crippen LogP contribution < -0.4 is 10.2 Å². The van der Waals surface area contributed by atoms with E-state index in [-0.39, 0.29) is 25.5 Å². The SMILES string of the molecule is C[C@H](O)C(=O)Nc1ccc(CN2C(=O)[C@]3(O[C@H](CCO)[C@@H]([Si](C)(C)F)[C@@H]3C)c3cc(Cl)ccc32)cc1. The first-order chi connectivity index (χ1) is 16.9. The number of amides is 2. The molecular formula is C26H32ClFN2O5Si. The van der Waals surface area contributed by atoms with Crippen LogP contribution in [-0.4, -0.2) is 49.2 Å². The Bertz CT molecular complexity index is 1160. The van der Waals surface area contributed by atoms with E-state index in [1.54, 1.807) is 60.5 Å². The van der Waals surface area contributed by atoms with Crippen molar-refractivity contribution >= 4 is 43.2 Å². The number of fused-ring (bicyclic) bond motifs is 2. The molecule has 0 radical (unpaired) electrons. The van der Waals surface area contributed by atoms with Crippen LogP contribution in [0.25, 0.3) is 0 Å². The van der Waals surface area contributed by atoms with E-state index in [0.29, 0.717) is 22.0 Å². The van der Waals surface area contributed by atoms with Crippen LogP contribution in [0.5, 0.6) is 0 Å². The average Bonchev–Trinajstić information content (AvgIpc) is 3.22. The van der Waals surface area contributed by atoms with Crippen molar-refractivity contribution in [2.24, 2.45) is 5.92 Å². The van der Waals surface area contributed by atoms with Gasteiger partial charge < -0.3 is 29.3 Å². The number of carbonyl (C=O) groups is 2. The topological polar surface area (TPSA) is 99.1 Å². The summed E-state index contributed by atoms with van der Waals surface area (Å²) in [6, 6.07) is 12.2. The van der Waals surface area contributed by atoms with Crippen molar-refractivity contribution in [2.75, 3.05) is 16.8 Å². The highest BCUT2D eigenvalue weighted by Crippen LogP contribution is 2.60. The molecule has 1 fully saturated rings. The number of benzene rings is 2. The molecule has 2 amide bonds. The van der Waals surface area contributed by atoms with E-state index in [2.05, 4.69) is 5.32 Å². The summed E-state index contributed by atoms with van der Waals surface area (Å²) in [4.78, 5) is 27.5. The van der Waals surface area contributed by atoms with Crippen molar-refractivity contribution in [3.63, 3.8) is 0 Å². The molecule has 2 aromatic carbocycles. The second kappa shape index (κ2) is 9.87. The monoisotopic (exact) mass is 534 g/mol. The van der Waals surface area contributed by atoms with Crippen molar-refractivity contribution < 1.29 is 28.6 Å². The van der Waals surface area contributed by atoms with Crippen molar-refractivity contribution in [3.05, 3.63) is 58.6 Å². The minimum Gasteiger partial charge on any atom is -0.396 e. The van der Waals surface area contributed by atoms with Gasteiger partial charge in [-0.1, -0.05) is 30.7 Å². The van der Waals surface area contributed by atoms with E-state index in [1.165, 1.54) is 6.92 Å². The van der Waals surface area contributed by atoms with Crippen LogP contribution in [0.4, 0.5) is 15.5 Å². The second-order valence-corrected chi connectivity index (χ2v) is 14.4. The third kappa shape index (κ3) is 4.59. The summed E-state index contributed by atoms with van der Waals surface area (Å²) in [5.74, 6) is -1.24. The molecule has 4 rings (SSSR count). The molecule has 194 valence electrons. The van der Waals surface area contributed by atoms with Crippen molar-refractivity contribution in [3.8, 4) is 0 Å². The van der Waals surface area contributed by atoms with Crippen LogP contribution in [0.3, 0.4) is 0 Å². The molecule has 0 aromatic heterocycles. The lowest BCUT2D eigenvalue weighted by Crippen LogP contribution is -2.45. The number of aliphatic hydroxyl groups excluding tert-OH is 2. The maximum Gasteiger partial charge on any atom is 0.264 e. The molecule has 1 saturated heterocycles. The largest absolute Gasteiger partial charge is 0.396 e. The fourth-order valence-electron chi connectivity index (χ4n) is 5.70. The fraction of sp³-hybridized carbons (Fsp3) is 0.462. The summed E-state index contributed by atoms with van der Waals surface area (Å²) in [7, 11) is -3.26. The first-order valence-corrected chi connectivity index (χ1v) is 15.4. The van der Waals surface area contributed by atoms with Crippen LogP contribution in [0.2, 0.25) is 23.7 Å². The zero-order chi connectivity index (χ0) is 26.4. The van der Waals surface area contributed by atoms with Crippen LogP contribution in [0.15, 0.2) is 42.5 Å². The molecule has 0 bridgehead atoms. The molecule has 0 unspecified atom stereocenters. The Hall–Kier alpha value is -2.30. The fourth-order valence-corrected chi connectivity index (χ4v) is 8.41. The zero-order valence-corrected chi connectivity index (χ0v) is 22.6. The number of aliphatic hydroxyl groups is 2. The minimum absolute atomic E-state index is 0.160. The van der Waals surface area contributed by atoms with Crippen molar-refractivity contribution in [1.29, 1.82) is 0 Å². The highest BCUT2D eigenvalue weighted by Gasteiger charge is 2.66. The maximum absolute atomic E-state index is 15.5. The molecule has 10 heteroatoms. The van der Waals surface area contributed by atoms with Gasteiger partial charge in [0.1, 0.15) is 6.10 Å². The molecule has 2 aliphatic rings. The van der Waals surface area contributed by atoms with E-state index < -0.39 is 43.6 Å². The number of halogens is 2. The van der Waals surface area contributed by atoms with E-state index in [1.807, 2.05) is 6.92 Å². The van der Waals surface area contributed by atoms with Gasteiger partial charge in [0.15, 0.2) is 5.60 Å². The van der Waals surface area contributed by atoms with E-state index in [9.17, 15) is 19.8 Å². The van der Waals surface area contributed by atoms with Crippen LogP contribution in [0, 0.1) is 5.92 Å². The maximum atomic E-state index is 15.5. The highest BCUT2D eigenvalue weighted by molar-refractivity contribution is 6.72. The smallest absolute Gasteiger partial charge is 0.264 e. The molecule has 7 nitrogen and oxygen atoms in total. The number of anilines is 2. The molecule has 2 heterocycles. The summed E-state index contributed by atoms with van der Waals surface area (Å²) in [6.07, 6.45) is -1.46. The second-order valence-electron chi connectivity index (χ2n) is 10.2. The zero-order valence-electron chi connectivity index (χ0n) is 20.8. The van der Waals surface area contributed by atoms with Gasteiger partial charge in [-0.25, -0.2) is 0 Å². The van der Waals surface area contributed by atoms with Gasteiger partial charge in [0.05, 0.1) is 18.3 Å². The van der Waals surface area contributed by atoms with Gasteiger partial charge in [-0.2, -0.15) is 0 Å². The lowest BCUT2D eigenvalue weighted by Gasteiger charge is -2.31. The minimum atomic E-state index is -3.26. The van der Waals surface area contributed by atoms with Crippen molar-refractivity contribution in [2.45, 2.75) is 63.3 Å².